The van der Waals surface area contributed by atoms with Crippen LogP contribution in [0.4, 0.5) is 0 Å². The number of nitrogens with one attached hydrogen (secondary N) is 3. The lowest BCUT2D eigenvalue weighted by molar-refractivity contribution is -0.121. The Labute approximate surface area is 106 Å². The number of amides is 1. The van der Waals surface area contributed by atoms with Crippen LogP contribution in [0.1, 0.15) is 26.7 Å². The maximum absolute atomic E-state index is 11.6. The van der Waals surface area contributed by atoms with Crippen molar-refractivity contribution >= 4 is 15.9 Å². The summed E-state index contributed by atoms with van der Waals surface area (Å²) < 4.78 is 25.6. The SMILES string of the molecule is CCC(C)NC(=O)CCNS(=O)(=O)c1cnc[nH]1. The standard InChI is InChI=1S/C10H18N4O3S/c1-3-8(2)14-9(15)4-5-13-18(16,17)10-6-11-7-12-10/h6-8,13H,3-5H2,1-2H3,(H,11,12)(H,14,15). The average Bonchev–Trinajstić information content (AvgIpc) is 2.82. The van der Waals surface area contributed by atoms with Gasteiger partial charge in [0, 0.05) is 19.0 Å². The third kappa shape index (κ3) is 4.46. The molecule has 0 bridgehead atoms. The Bertz CT molecular complexity index is 469. The Hall–Kier alpha value is -1.41. The number of rotatable bonds is 7. The molecule has 1 heterocycles. The lowest BCUT2D eigenvalue weighted by Gasteiger charge is -2.11. The number of aromatic nitrogens is 2. The van der Waals surface area contributed by atoms with Crippen LogP contribution >= 0.6 is 0 Å². The van der Waals surface area contributed by atoms with Crippen molar-refractivity contribution in [3.63, 3.8) is 0 Å². The second-order valence-electron chi connectivity index (χ2n) is 3.94. The summed E-state index contributed by atoms with van der Waals surface area (Å²) in [5.41, 5.74) is 0. The third-order valence-electron chi connectivity index (χ3n) is 2.43. The van der Waals surface area contributed by atoms with Gasteiger partial charge in [-0.05, 0) is 13.3 Å². The zero-order chi connectivity index (χ0) is 13.6. The Morgan fingerprint density at radius 3 is 2.83 bits per heavy atom. The number of H-pyrrole nitrogens is 1. The van der Waals surface area contributed by atoms with Crippen LogP contribution in [-0.4, -0.2) is 36.9 Å². The lowest BCUT2D eigenvalue weighted by atomic mass is 10.2. The number of aromatic amines is 1. The number of hydrogen-bond acceptors (Lipinski definition) is 4. The molecule has 7 nitrogen and oxygen atoms in total. The van der Waals surface area contributed by atoms with Crippen molar-refractivity contribution in [2.75, 3.05) is 6.54 Å². The van der Waals surface area contributed by atoms with E-state index in [0.717, 1.165) is 6.42 Å². The molecule has 102 valence electrons. The van der Waals surface area contributed by atoms with Crippen molar-refractivity contribution < 1.29 is 13.2 Å². The van der Waals surface area contributed by atoms with E-state index in [4.69, 9.17) is 0 Å². The van der Waals surface area contributed by atoms with Gasteiger partial charge in [-0.25, -0.2) is 18.1 Å². The van der Waals surface area contributed by atoms with Crippen LogP contribution in [0.2, 0.25) is 0 Å². The molecule has 0 aliphatic carbocycles. The summed E-state index contributed by atoms with van der Waals surface area (Å²) in [6, 6.07) is 0.0988. The Morgan fingerprint density at radius 1 is 1.56 bits per heavy atom. The van der Waals surface area contributed by atoms with Gasteiger partial charge in [-0.15, -0.1) is 0 Å². The van der Waals surface area contributed by atoms with Crippen LogP contribution in [0.5, 0.6) is 0 Å². The molecule has 0 aliphatic heterocycles. The molecule has 0 radical (unpaired) electrons. The highest BCUT2D eigenvalue weighted by Gasteiger charge is 2.15. The van der Waals surface area contributed by atoms with Crippen molar-refractivity contribution in [2.45, 2.75) is 37.8 Å². The fourth-order valence-electron chi connectivity index (χ4n) is 1.22. The Balaban J connectivity index is 2.36. The molecule has 0 fully saturated rings. The van der Waals surface area contributed by atoms with Crippen LogP contribution in [0.3, 0.4) is 0 Å². The van der Waals surface area contributed by atoms with Gasteiger partial charge in [0.25, 0.3) is 10.0 Å². The molecule has 1 aromatic heterocycles. The highest BCUT2D eigenvalue weighted by molar-refractivity contribution is 7.89. The molecule has 0 aliphatic rings. The summed E-state index contributed by atoms with van der Waals surface area (Å²) in [5.74, 6) is -0.170. The zero-order valence-corrected chi connectivity index (χ0v) is 11.3. The molecule has 1 amide bonds. The first-order chi connectivity index (χ1) is 8.45. The second kappa shape index (κ2) is 6.50. The molecule has 18 heavy (non-hydrogen) atoms. The van der Waals surface area contributed by atoms with Gasteiger partial charge in [-0.2, -0.15) is 0 Å². The van der Waals surface area contributed by atoms with Gasteiger partial charge in [0.1, 0.15) is 0 Å². The van der Waals surface area contributed by atoms with E-state index in [-0.39, 0.29) is 29.9 Å². The van der Waals surface area contributed by atoms with E-state index < -0.39 is 10.0 Å². The molecule has 0 aromatic carbocycles. The molecule has 0 spiro atoms. The van der Waals surface area contributed by atoms with Crippen LogP contribution in [0.25, 0.3) is 0 Å². The minimum atomic E-state index is -3.59. The molecule has 1 atom stereocenters. The first-order valence-electron chi connectivity index (χ1n) is 5.73. The van der Waals surface area contributed by atoms with Gasteiger partial charge in [0.15, 0.2) is 5.03 Å². The van der Waals surface area contributed by atoms with Gasteiger partial charge < -0.3 is 10.3 Å². The zero-order valence-electron chi connectivity index (χ0n) is 10.4. The maximum atomic E-state index is 11.6. The van der Waals surface area contributed by atoms with Crippen LogP contribution < -0.4 is 10.0 Å². The fraction of sp³-hybridized carbons (Fsp3) is 0.600. The quantitative estimate of drug-likeness (QED) is 0.650. The van der Waals surface area contributed by atoms with Crippen molar-refractivity contribution in [1.82, 2.24) is 20.0 Å². The largest absolute Gasteiger partial charge is 0.354 e. The van der Waals surface area contributed by atoms with E-state index in [0.29, 0.717) is 0 Å². The monoisotopic (exact) mass is 274 g/mol. The molecule has 3 N–H and O–H groups in total. The van der Waals surface area contributed by atoms with Gasteiger partial charge in [0.2, 0.25) is 5.91 Å². The molecule has 0 saturated heterocycles. The highest BCUT2D eigenvalue weighted by Crippen LogP contribution is 2.01. The number of hydrogen-bond donors (Lipinski definition) is 3. The first-order valence-corrected chi connectivity index (χ1v) is 7.21. The summed E-state index contributed by atoms with van der Waals surface area (Å²) in [6.07, 6.45) is 3.44. The highest BCUT2D eigenvalue weighted by atomic mass is 32.2. The third-order valence-corrected chi connectivity index (χ3v) is 3.81. The molecular formula is C10H18N4O3S. The summed E-state index contributed by atoms with van der Waals surface area (Å²) in [5, 5.41) is 2.75. The van der Waals surface area contributed by atoms with E-state index in [1.54, 1.807) is 0 Å². The predicted molar refractivity (Wildman–Crippen MR) is 66.3 cm³/mol. The minimum absolute atomic E-state index is 0.00941. The molecule has 1 rings (SSSR count). The van der Waals surface area contributed by atoms with Crippen molar-refractivity contribution in [3.05, 3.63) is 12.5 Å². The van der Waals surface area contributed by atoms with Gasteiger partial charge in [-0.1, -0.05) is 6.92 Å². The number of sulfonamides is 1. The van der Waals surface area contributed by atoms with Gasteiger partial charge >= 0.3 is 0 Å². The van der Waals surface area contributed by atoms with E-state index in [1.165, 1.54) is 12.5 Å². The van der Waals surface area contributed by atoms with Crippen LogP contribution in [0.15, 0.2) is 17.6 Å². The van der Waals surface area contributed by atoms with Gasteiger partial charge in [0.05, 0.1) is 12.5 Å². The smallest absolute Gasteiger partial charge is 0.257 e. The van der Waals surface area contributed by atoms with Crippen LogP contribution in [-0.2, 0) is 14.8 Å². The number of carbonyl (C=O) groups excluding carboxylic acids is 1. The second-order valence-corrected chi connectivity index (χ2v) is 5.68. The molecule has 8 heteroatoms. The Kier molecular flexibility index (Phi) is 5.29. The molecular weight excluding hydrogens is 256 g/mol. The van der Waals surface area contributed by atoms with E-state index in [2.05, 4.69) is 20.0 Å². The van der Waals surface area contributed by atoms with Crippen molar-refractivity contribution in [3.8, 4) is 0 Å². The summed E-state index contributed by atoms with van der Waals surface area (Å²) in [7, 11) is -3.59. The van der Waals surface area contributed by atoms with Crippen molar-refractivity contribution in [2.24, 2.45) is 0 Å². The topological polar surface area (TPSA) is 104 Å². The van der Waals surface area contributed by atoms with Gasteiger partial charge in [-0.3, -0.25) is 4.79 Å². The number of nitrogens with zero attached hydrogens (tertiary/aromatic N) is 1. The van der Waals surface area contributed by atoms with Crippen molar-refractivity contribution in [1.29, 1.82) is 0 Å². The lowest BCUT2D eigenvalue weighted by Crippen LogP contribution is -2.35. The predicted octanol–water partition coefficient (Wildman–Crippen LogP) is -0.00720. The van der Waals surface area contributed by atoms with E-state index in [9.17, 15) is 13.2 Å². The number of imidazole rings is 1. The molecule has 1 aromatic rings. The summed E-state index contributed by atoms with van der Waals surface area (Å²) in [4.78, 5) is 17.5. The fourth-order valence-corrected chi connectivity index (χ4v) is 2.15. The summed E-state index contributed by atoms with van der Waals surface area (Å²) in [6.45, 7) is 3.92. The maximum Gasteiger partial charge on any atom is 0.257 e. The average molecular weight is 274 g/mol. The first kappa shape index (κ1) is 14.7. The summed E-state index contributed by atoms with van der Waals surface area (Å²) >= 11 is 0. The minimum Gasteiger partial charge on any atom is -0.354 e. The van der Waals surface area contributed by atoms with E-state index >= 15 is 0 Å². The van der Waals surface area contributed by atoms with Crippen LogP contribution in [0, 0.1) is 0 Å². The number of carbonyl (C=O) groups is 1. The van der Waals surface area contributed by atoms with E-state index in [1.807, 2.05) is 13.8 Å². The Morgan fingerprint density at radius 2 is 2.28 bits per heavy atom. The molecule has 0 saturated carbocycles. The molecule has 1 unspecified atom stereocenters. The normalized spacial score (nSPS) is 13.2.